The molecule has 1 unspecified atom stereocenters. The molecule has 0 aliphatic carbocycles. The lowest BCUT2D eigenvalue weighted by atomic mass is 9.83. The van der Waals surface area contributed by atoms with Gasteiger partial charge < -0.3 is 14.6 Å². The standard InChI is InChI=1S/C36H48NO4/c1-7-8-9-10-11-12-13-14-15-16-17-18-19-20-21-22-23-24-25-34(38)41-32-27-26-31(30-33(32)40-6)28-29-36(39,37-5)35(2,3)4/h5,8-9,11-12,14-15,17-18,20-21,23-24,26-30,39H,7,10,13,16,19,22,25H2,1-4,6H3/q+1. The molecule has 1 aromatic carbocycles. The monoisotopic (exact) mass is 558 g/mol. The number of allylic oxidation sites excluding steroid dienone is 11. The molecule has 0 bridgehead atoms. The number of esters is 1. The number of hydrogen-bond donors (Lipinski definition) is 1. The van der Waals surface area contributed by atoms with Crippen LogP contribution in [-0.4, -0.2) is 23.9 Å². The van der Waals surface area contributed by atoms with E-state index in [1.54, 1.807) is 30.4 Å². The zero-order chi connectivity index (χ0) is 30.4. The predicted octanol–water partition coefficient (Wildman–Crippen LogP) is 9.40. The van der Waals surface area contributed by atoms with Gasteiger partial charge in [-0.05, 0) is 87.9 Å². The fourth-order valence-corrected chi connectivity index (χ4v) is 3.44. The van der Waals surface area contributed by atoms with Crippen molar-refractivity contribution < 1.29 is 19.4 Å². The highest BCUT2D eigenvalue weighted by atomic mass is 16.6. The van der Waals surface area contributed by atoms with Crippen LogP contribution in [0.1, 0.15) is 78.2 Å². The molecular formula is C36H48NO4+. The van der Waals surface area contributed by atoms with Crippen molar-refractivity contribution in [1.29, 1.82) is 0 Å². The molecular weight excluding hydrogens is 510 g/mol. The molecule has 0 fully saturated rings. The number of carbonyl (C=O) groups excluding carboxylic acids is 1. The maximum atomic E-state index is 12.3. The van der Waals surface area contributed by atoms with Crippen LogP contribution in [0.2, 0.25) is 0 Å². The van der Waals surface area contributed by atoms with Crippen molar-refractivity contribution in [2.75, 3.05) is 7.11 Å². The van der Waals surface area contributed by atoms with Crippen LogP contribution < -0.4 is 9.47 Å². The largest absolute Gasteiger partial charge is 0.493 e. The Labute approximate surface area is 247 Å². The molecule has 0 saturated carbocycles. The van der Waals surface area contributed by atoms with Gasteiger partial charge in [0.05, 0.1) is 18.9 Å². The van der Waals surface area contributed by atoms with Crippen molar-refractivity contribution in [3.63, 3.8) is 0 Å². The average Bonchev–Trinajstić information content (AvgIpc) is 2.95. The summed E-state index contributed by atoms with van der Waals surface area (Å²) in [6.07, 6.45) is 34.4. The minimum absolute atomic E-state index is 0.159. The third kappa shape index (κ3) is 14.9. The third-order valence-corrected chi connectivity index (χ3v) is 6.10. The molecule has 5 heteroatoms. The van der Waals surface area contributed by atoms with Crippen molar-refractivity contribution in [1.82, 2.24) is 0 Å². The summed E-state index contributed by atoms with van der Waals surface area (Å²) < 4.78 is 10.9. The molecule has 1 N–H and O–H groups in total. The summed E-state index contributed by atoms with van der Waals surface area (Å²) >= 11 is 0. The second kappa shape index (κ2) is 20.1. The van der Waals surface area contributed by atoms with E-state index in [1.807, 2.05) is 26.8 Å². The number of carbonyl (C=O) groups is 1. The quantitative estimate of drug-likeness (QED) is 0.118. The smallest absolute Gasteiger partial charge is 0.406 e. The van der Waals surface area contributed by atoms with Crippen LogP contribution in [0.5, 0.6) is 11.5 Å². The lowest BCUT2D eigenvalue weighted by molar-refractivity contribution is -0.133. The van der Waals surface area contributed by atoms with Gasteiger partial charge in [-0.15, -0.1) is 0 Å². The first-order valence-corrected chi connectivity index (χ1v) is 14.3. The summed E-state index contributed by atoms with van der Waals surface area (Å²) in [7, 11) is 1.51. The van der Waals surface area contributed by atoms with Crippen molar-refractivity contribution in [2.45, 2.75) is 78.4 Å². The molecule has 5 nitrogen and oxygen atoms in total. The van der Waals surface area contributed by atoms with Gasteiger partial charge in [0.25, 0.3) is 6.57 Å². The SMILES string of the molecule is C#[N+]C(O)(C=Cc1ccc(OC(=O)CC=CCC=CCC=CCC=CCC=CCC=CCC)c(OC)c1)C(C)(C)C. The minimum atomic E-state index is -1.52. The van der Waals surface area contributed by atoms with Gasteiger partial charge in [-0.3, -0.25) is 4.79 Å². The zero-order valence-electron chi connectivity index (χ0n) is 25.5. The normalized spacial score (nSPS) is 14.4. The Morgan fingerprint density at radius 1 is 0.829 bits per heavy atom. The predicted molar refractivity (Wildman–Crippen MR) is 173 cm³/mol. The van der Waals surface area contributed by atoms with Crippen LogP contribution >= 0.6 is 0 Å². The van der Waals surface area contributed by atoms with E-state index >= 15 is 0 Å². The Morgan fingerprint density at radius 3 is 1.76 bits per heavy atom. The van der Waals surface area contributed by atoms with Crippen molar-refractivity contribution in [3.05, 3.63) is 108 Å². The Morgan fingerprint density at radius 2 is 1.32 bits per heavy atom. The van der Waals surface area contributed by atoms with Crippen LogP contribution in [0, 0.1) is 12.0 Å². The molecule has 1 rings (SSSR count). The van der Waals surface area contributed by atoms with Gasteiger partial charge in [0.2, 0.25) is 0 Å². The molecule has 220 valence electrons. The molecule has 1 atom stereocenters. The molecule has 41 heavy (non-hydrogen) atoms. The second-order valence-corrected chi connectivity index (χ2v) is 10.4. The first-order chi connectivity index (χ1) is 19.7. The molecule has 1 aromatic rings. The van der Waals surface area contributed by atoms with Crippen LogP contribution in [0.3, 0.4) is 0 Å². The maximum Gasteiger partial charge on any atom is 0.406 e. The molecule has 0 aromatic heterocycles. The van der Waals surface area contributed by atoms with Crippen molar-refractivity contribution in [2.24, 2.45) is 5.41 Å². The van der Waals surface area contributed by atoms with Gasteiger partial charge in [-0.1, -0.05) is 85.9 Å². The van der Waals surface area contributed by atoms with Gasteiger partial charge in [-0.2, -0.15) is 0 Å². The van der Waals surface area contributed by atoms with Gasteiger partial charge in [0, 0.05) is 6.08 Å². The molecule has 0 amide bonds. The Balaban J connectivity index is 2.40. The lowest BCUT2D eigenvalue weighted by Crippen LogP contribution is -2.37. The minimum Gasteiger partial charge on any atom is -0.493 e. The van der Waals surface area contributed by atoms with E-state index in [-0.39, 0.29) is 12.4 Å². The number of nitrogens with zero attached hydrogens (tertiary/aromatic N) is 1. The summed E-state index contributed by atoms with van der Waals surface area (Å²) in [5.41, 5.74) is -1.37. The van der Waals surface area contributed by atoms with Gasteiger partial charge in [0.15, 0.2) is 11.5 Å². The average molecular weight is 559 g/mol. The van der Waals surface area contributed by atoms with Crippen LogP contribution in [0.4, 0.5) is 0 Å². The van der Waals surface area contributed by atoms with E-state index in [4.69, 9.17) is 16.0 Å². The highest BCUT2D eigenvalue weighted by molar-refractivity contribution is 5.75. The third-order valence-electron chi connectivity index (χ3n) is 6.10. The number of aliphatic hydroxyl groups is 1. The molecule has 0 spiro atoms. The number of benzene rings is 1. The van der Waals surface area contributed by atoms with Crippen molar-refractivity contribution >= 4 is 12.0 Å². The molecule has 0 radical (unpaired) electrons. The van der Waals surface area contributed by atoms with E-state index in [0.717, 1.165) is 44.1 Å². The van der Waals surface area contributed by atoms with E-state index in [2.05, 4.69) is 72.5 Å². The van der Waals surface area contributed by atoms with E-state index in [0.29, 0.717) is 11.5 Å². The first-order valence-electron chi connectivity index (χ1n) is 14.3. The summed E-state index contributed by atoms with van der Waals surface area (Å²) in [6, 6.07) is 5.14. The fraction of sp³-hybridized carbons (Fsp3) is 0.389. The zero-order valence-corrected chi connectivity index (χ0v) is 25.5. The van der Waals surface area contributed by atoms with E-state index < -0.39 is 11.1 Å². The van der Waals surface area contributed by atoms with Gasteiger partial charge in [0.1, 0.15) is 0 Å². The lowest BCUT2D eigenvalue weighted by Gasteiger charge is -2.22. The number of hydrogen-bond acceptors (Lipinski definition) is 4. The summed E-state index contributed by atoms with van der Waals surface area (Å²) in [4.78, 5) is 15.9. The molecule has 0 saturated heterocycles. The molecule has 0 heterocycles. The maximum absolute atomic E-state index is 12.3. The number of rotatable bonds is 17. The topological polar surface area (TPSA) is 60.1 Å². The summed E-state index contributed by atoms with van der Waals surface area (Å²) in [5.74, 6) is 0.360. The second-order valence-electron chi connectivity index (χ2n) is 10.4. The van der Waals surface area contributed by atoms with Crippen LogP contribution in [0.15, 0.2) is 97.2 Å². The van der Waals surface area contributed by atoms with Gasteiger partial charge >= 0.3 is 11.7 Å². The van der Waals surface area contributed by atoms with Crippen molar-refractivity contribution in [3.8, 4) is 18.1 Å². The van der Waals surface area contributed by atoms with Gasteiger partial charge in [-0.25, -0.2) is 0 Å². The molecule has 0 aliphatic heterocycles. The Hall–Kier alpha value is -3.88. The summed E-state index contributed by atoms with van der Waals surface area (Å²) in [6.45, 7) is 13.1. The first kappa shape index (κ1) is 35.1. The number of ether oxygens (including phenoxy) is 2. The van der Waals surface area contributed by atoms with E-state index in [9.17, 15) is 9.90 Å². The Kier molecular flexibility index (Phi) is 17.2. The highest BCUT2D eigenvalue weighted by Crippen LogP contribution is 2.34. The Bertz CT molecular complexity index is 1170. The number of methoxy groups -OCH3 is 1. The van der Waals surface area contributed by atoms with Crippen LogP contribution in [-0.2, 0) is 4.79 Å². The van der Waals surface area contributed by atoms with Crippen LogP contribution in [0.25, 0.3) is 10.9 Å². The summed E-state index contributed by atoms with van der Waals surface area (Å²) in [5, 5.41) is 10.7. The molecule has 0 aliphatic rings. The fourth-order valence-electron chi connectivity index (χ4n) is 3.44. The van der Waals surface area contributed by atoms with E-state index in [1.165, 1.54) is 13.2 Å². The highest BCUT2D eigenvalue weighted by Gasteiger charge is 2.48.